The van der Waals surface area contributed by atoms with Crippen LogP contribution in [-0.2, 0) is 6.54 Å². The summed E-state index contributed by atoms with van der Waals surface area (Å²) in [5.74, 6) is 0. The number of piperidine rings is 1. The summed E-state index contributed by atoms with van der Waals surface area (Å²) in [5, 5.41) is 0. The molecule has 1 atom stereocenters. The van der Waals surface area contributed by atoms with Crippen LogP contribution in [0.4, 0.5) is 0 Å². The van der Waals surface area contributed by atoms with Gasteiger partial charge in [-0.1, -0.05) is 49.8 Å². The van der Waals surface area contributed by atoms with Gasteiger partial charge in [0.2, 0.25) is 0 Å². The lowest BCUT2D eigenvalue weighted by Gasteiger charge is -2.35. The van der Waals surface area contributed by atoms with Gasteiger partial charge in [-0.25, -0.2) is 0 Å². The molecule has 1 aromatic carbocycles. The van der Waals surface area contributed by atoms with Crippen molar-refractivity contribution in [3.8, 4) is 0 Å². The van der Waals surface area contributed by atoms with Crippen LogP contribution in [-0.4, -0.2) is 22.5 Å². The molecule has 1 heterocycles. The van der Waals surface area contributed by atoms with E-state index in [1.54, 1.807) is 0 Å². The van der Waals surface area contributed by atoms with E-state index in [1.165, 1.54) is 37.8 Å². The number of likely N-dealkylation sites (tertiary alicyclic amines) is 1. The van der Waals surface area contributed by atoms with Crippen molar-refractivity contribution in [3.63, 3.8) is 0 Å². The molecule has 1 fully saturated rings. The molecule has 0 spiro atoms. The molecule has 0 bridgehead atoms. The first-order valence-electron chi connectivity index (χ1n) is 6.84. The van der Waals surface area contributed by atoms with Crippen molar-refractivity contribution < 1.29 is 0 Å². The third kappa shape index (κ3) is 3.09. The first kappa shape index (κ1) is 13.5. The van der Waals surface area contributed by atoms with Gasteiger partial charge in [0.15, 0.2) is 0 Å². The fourth-order valence-corrected chi connectivity index (χ4v) is 3.05. The maximum absolute atomic E-state index is 5.80. The summed E-state index contributed by atoms with van der Waals surface area (Å²) in [6.45, 7) is 4.46. The van der Waals surface area contributed by atoms with Crippen LogP contribution in [0.3, 0.4) is 0 Å². The second kappa shape index (κ2) is 6.30. The highest BCUT2D eigenvalue weighted by Gasteiger charge is 2.21. The molecule has 1 saturated heterocycles. The molecular formula is C15H22N2S. The van der Waals surface area contributed by atoms with Gasteiger partial charge in [0.25, 0.3) is 0 Å². The van der Waals surface area contributed by atoms with E-state index in [4.69, 9.17) is 18.0 Å². The van der Waals surface area contributed by atoms with E-state index < -0.39 is 0 Å². The number of rotatable bonds is 4. The molecule has 2 nitrogen and oxygen atoms in total. The standard InChI is InChI=1S/C15H22N2S/c1-2-13-8-5-6-10-17(13)11-12-7-3-4-9-14(12)15(16)18/h3-4,7,9,13H,2,5-6,8,10-11H2,1H3,(H2,16,18). The summed E-state index contributed by atoms with van der Waals surface area (Å²) in [5.41, 5.74) is 8.10. The summed E-state index contributed by atoms with van der Waals surface area (Å²) in [6, 6.07) is 8.98. The summed E-state index contributed by atoms with van der Waals surface area (Å²) in [4.78, 5) is 3.09. The molecule has 0 amide bonds. The first-order chi connectivity index (χ1) is 8.72. The topological polar surface area (TPSA) is 29.3 Å². The van der Waals surface area contributed by atoms with E-state index in [0.29, 0.717) is 4.99 Å². The summed E-state index contributed by atoms with van der Waals surface area (Å²) in [7, 11) is 0. The number of benzene rings is 1. The average molecular weight is 262 g/mol. The van der Waals surface area contributed by atoms with Crippen molar-refractivity contribution in [1.82, 2.24) is 4.90 Å². The minimum atomic E-state index is 0.510. The van der Waals surface area contributed by atoms with Crippen molar-refractivity contribution in [1.29, 1.82) is 0 Å². The molecule has 1 aliphatic rings. The summed E-state index contributed by atoms with van der Waals surface area (Å²) >= 11 is 5.13. The normalized spacial score (nSPS) is 20.8. The average Bonchev–Trinajstić information content (AvgIpc) is 2.40. The molecule has 0 aromatic heterocycles. The largest absolute Gasteiger partial charge is 0.389 e. The molecular weight excluding hydrogens is 240 g/mol. The predicted molar refractivity (Wildman–Crippen MR) is 80.7 cm³/mol. The van der Waals surface area contributed by atoms with Crippen LogP contribution in [0.25, 0.3) is 0 Å². The van der Waals surface area contributed by atoms with Crippen LogP contribution >= 0.6 is 12.2 Å². The molecule has 1 unspecified atom stereocenters. The molecule has 2 rings (SSSR count). The molecule has 18 heavy (non-hydrogen) atoms. The van der Waals surface area contributed by atoms with Crippen molar-refractivity contribution in [3.05, 3.63) is 35.4 Å². The third-order valence-electron chi connectivity index (χ3n) is 3.88. The fraction of sp³-hybridized carbons (Fsp3) is 0.533. The number of thiocarbonyl (C=S) groups is 1. The highest BCUT2D eigenvalue weighted by molar-refractivity contribution is 7.80. The van der Waals surface area contributed by atoms with Crippen LogP contribution in [0.2, 0.25) is 0 Å². The molecule has 3 heteroatoms. The Morgan fingerprint density at radius 3 is 2.89 bits per heavy atom. The van der Waals surface area contributed by atoms with Crippen LogP contribution in [0, 0.1) is 0 Å². The number of hydrogen-bond donors (Lipinski definition) is 1. The van der Waals surface area contributed by atoms with Gasteiger partial charge in [-0.15, -0.1) is 0 Å². The third-order valence-corrected chi connectivity index (χ3v) is 4.10. The van der Waals surface area contributed by atoms with Gasteiger partial charge in [-0.2, -0.15) is 0 Å². The van der Waals surface area contributed by atoms with E-state index in [9.17, 15) is 0 Å². The number of hydrogen-bond acceptors (Lipinski definition) is 2. The maximum Gasteiger partial charge on any atom is 0.104 e. The Labute approximate surface area is 115 Å². The zero-order valence-electron chi connectivity index (χ0n) is 11.1. The monoisotopic (exact) mass is 262 g/mol. The maximum atomic E-state index is 5.80. The van der Waals surface area contributed by atoms with E-state index >= 15 is 0 Å². The van der Waals surface area contributed by atoms with Gasteiger partial charge in [-0.3, -0.25) is 4.90 Å². The lowest BCUT2D eigenvalue weighted by molar-refractivity contribution is 0.136. The Morgan fingerprint density at radius 2 is 2.17 bits per heavy atom. The van der Waals surface area contributed by atoms with Crippen molar-refractivity contribution in [2.45, 2.75) is 45.2 Å². The molecule has 98 valence electrons. The van der Waals surface area contributed by atoms with Crippen molar-refractivity contribution in [2.75, 3.05) is 6.54 Å². The van der Waals surface area contributed by atoms with Crippen LogP contribution in [0.15, 0.2) is 24.3 Å². The second-order valence-electron chi connectivity index (χ2n) is 5.05. The number of nitrogens with zero attached hydrogens (tertiary/aromatic N) is 1. The van der Waals surface area contributed by atoms with Crippen LogP contribution in [0.5, 0.6) is 0 Å². The second-order valence-corrected chi connectivity index (χ2v) is 5.49. The quantitative estimate of drug-likeness (QED) is 0.846. The van der Waals surface area contributed by atoms with Crippen LogP contribution < -0.4 is 5.73 Å². The first-order valence-corrected chi connectivity index (χ1v) is 7.25. The van der Waals surface area contributed by atoms with Gasteiger partial charge in [0, 0.05) is 18.2 Å². The highest BCUT2D eigenvalue weighted by Crippen LogP contribution is 2.22. The minimum absolute atomic E-state index is 0.510. The Kier molecular flexibility index (Phi) is 4.72. The SMILES string of the molecule is CCC1CCCCN1Cc1ccccc1C(N)=S. The van der Waals surface area contributed by atoms with Gasteiger partial charge >= 0.3 is 0 Å². The Bertz CT molecular complexity index is 417. The zero-order valence-corrected chi connectivity index (χ0v) is 11.9. The van der Waals surface area contributed by atoms with Crippen LogP contribution in [0.1, 0.15) is 43.7 Å². The molecule has 0 saturated carbocycles. The van der Waals surface area contributed by atoms with Gasteiger partial charge < -0.3 is 5.73 Å². The predicted octanol–water partition coefficient (Wildman–Crippen LogP) is 3.09. The lowest BCUT2D eigenvalue weighted by atomic mass is 9.98. The molecule has 1 aromatic rings. The highest BCUT2D eigenvalue weighted by atomic mass is 32.1. The smallest absolute Gasteiger partial charge is 0.104 e. The molecule has 1 aliphatic heterocycles. The Balaban J connectivity index is 2.15. The Hall–Kier alpha value is -0.930. The fourth-order valence-electron chi connectivity index (χ4n) is 2.85. The van der Waals surface area contributed by atoms with Crippen molar-refractivity contribution >= 4 is 17.2 Å². The molecule has 0 radical (unpaired) electrons. The zero-order chi connectivity index (χ0) is 13.0. The lowest BCUT2D eigenvalue weighted by Crippen LogP contribution is -2.38. The Morgan fingerprint density at radius 1 is 1.39 bits per heavy atom. The minimum Gasteiger partial charge on any atom is -0.389 e. The number of nitrogens with two attached hydrogens (primary N) is 1. The van der Waals surface area contributed by atoms with E-state index in [2.05, 4.69) is 24.0 Å². The van der Waals surface area contributed by atoms with E-state index in [1.807, 2.05) is 12.1 Å². The van der Waals surface area contributed by atoms with Gasteiger partial charge in [-0.05, 0) is 31.4 Å². The molecule has 0 aliphatic carbocycles. The van der Waals surface area contributed by atoms with Gasteiger partial charge in [0.1, 0.15) is 4.99 Å². The summed E-state index contributed by atoms with van der Waals surface area (Å²) < 4.78 is 0. The van der Waals surface area contributed by atoms with Crippen molar-refractivity contribution in [2.24, 2.45) is 5.73 Å². The van der Waals surface area contributed by atoms with E-state index in [0.717, 1.165) is 18.2 Å². The van der Waals surface area contributed by atoms with Gasteiger partial charge in [0.05, 0.1) is 0 Å². The molecule has 2 N–H and O–H groups in total. The summed E-state index contributed by atoms with van der Waals surface area (Å²) in [6.07, 6.45) is 5.23. The van der Waals surface area contributed by atoms with E-state index in [-0.39, 0.29) is 0 Å².